The molecule has 2 unspecified atom stereocenters. The van der Waals surface area contributed by atoms with Crippen molar-refractivity contribution >= 4 is 11.8 Å². The molecule has 10 heteroatoms. The Hall–Kier alpha value is -3.17. The van der Waals surface area contributed by atoms with Crippen molar-refractivity contribution < 1.29 is 45.8 Å². The molecule has 1 fully saturated rings. The fourth-order valence-corrected chi connectivity index (χ4v) is 3.38. The Kier molecular flexibility index (Phi) is 6.67. The molecule has 0 saturated heterocycles. The Morgan fingerprint density at radius 2 is 1.58 bits per heavy atom. The highest BCUT2D eigenvalue weighted by Gasteiger charge is 2.45. The lowest BCUT2D eigenvalue weighted by molar-refractivity contribution is -0.274. The third-order valence-corrected chi connectivity index (χ3v) is 5.07. The second kappa shape index (κ2) is 8.99. The summed E-state index contributed by atoms with van der Waals surface area (Å²) in [6.07, 6.45) is -4.52. The van der Waals surface area contributed by atoms with Crippen LogP contribution in [0.2, 0.25) is 0 Å². The Bertz CT molecular complexity index is 1020. The Morgan fingerprint density at radius 3 is 2.09 bits per heavy atom. The van der Waals surface area contributed by atoms with E-state index in [0.717, 1.165) is 24.3 Å². The average molecular weight is 472 g/mol. The topological polar surface area (TPSA) is 61.8 Å². The third kappa shape index (κ3) is 5.80. The maximum atomic E-state index is 14.6. The molecule has 5 nitrogen and oxygen atoms in total. The van der Waals surface area contributed by atoms with E-state index in [2.05, 4.69) is 4.74 Å². The number of Topliss-reactive ketones (excluding diaryl/α,β-unsaturated/α-hetero) is 1. The summed E-state index contributed by atoms with van der Waals surface area (Å²) in [5.74, 6) is -5.43. The fraction of sp³-hybridized carbons (Fsp3) is 0.391. The van der Waals surface area contributed by atoms with Gasteiger partial charge in [0, 0.05) is 11.5 Å². The number of ether oxygens (including phenoxy) is 3. The van der Waals surface area contributed by atoms with Crippen LogP contribution in [0.15, 0.2) is 36.4 Å². The molecule has 0 radical (unpaired) electrons. The van der Waals surface area contributed by atoms with E-state index in [1.54, 1.807) is 6.92 Å². The second-order valence-corrected chi connectivity index (χ2v) is 8.03. The summed E-state index contributed by atoms with van der Waals surface area (Å²) in [5, 5.41) is 0. The van der Waals surface area contributed by atoms with Crippen molar-refractivity contribution in [2.75, 3.05) is 6.61 Å². The minimum atomic E-state index is -4.84. The van der Waals surface area contributed by atoms with Gasteiger partial charge in [0.1, 0.15) is 5.75 Å². The maximum Gasteiger partial charge on any atom is 0.573 e. The molecule has 0 amide bonds. The predicted molar refractivity (Wildman–Crippen MR) is 106 cm³/mol. The molecule has 0 aliphatic heterocycles. The van der Waals surface area contributed by atoms with Crippen molar-refractivity contribution in [3.05, 3.63) is 59.2 Å². The lowest BCUT2D eigenvalue weighted by atomic mass is 10.0. The normalized spacial score (nSPS) is 17.9. The first-order valence-electron chi connectivity index (χ1n) is 10.1. The van der Waals surface area contributed by atoms with Gasteiger partial charge in [-0.1, -0.05) is 0 Å². The highest BCUT2D eigenvalue weighted by atomic mass is 19.4. The molecule has 33 heavy (non-hydrogen) atoms. The molecule has 0 aromatic heterocycles. The van der Waals surface area contributed by atoms with Gasteiger partial charge >= 0.3 is 12.3 Å². The van der Waals surface area contributed by atoms with Crippen molar-refractivity contribution in [2.45, 2.75) is 45.1 Å². The summed E-state index contributed by atoms with van der Waals surface area (Å²) in [6.45, 7) is 4.30. The maximum absolute atomic E-state index is 14.6. The Labute approximate surface area is 186 Å². The molecular weight excluding hydrogens is 451 g/mol. The predicted octanol–water partition coefficient (Wildman–Crippen LogP) is 5.57. The molecule has 2 atom stereocenters. The molecule has 3 rings (SSSR count). The number of rotatable bonds is 8. The molecule has 0 spiro atoms. The number of hydrogen-bond acceptors (Lipinski definition) is 5. The van der Waals surface area contributed by atoms with Crippen molar-refractivity contribution in [3.8, 4) is 11.5 Å². The number of carbonyl (C=O) groups is 2. The summed E-state index contributed by atoms with van der Waals surface area (Å²) in [7, 11) is 0. The van der Waals surface area contributed by atoms with Crippen LogP contribution in [0.4, 0.5) is 22.0 Å². The Morgan fingerprint density at radius 1 is 1.00 bits per heavy atom. The van der Waals surface area contributed by atoms with Gasteiger partial charge in [-0.25, -0.2) is 13.6 Å². The van der Waals surface area contributed by atoms with Gasteiger partial charge in [0.2, 0.25) is 0 Å². The first kappa shape index (κ1) is 24.5. The average Bonchev–Trinajstić information content (AvgIpc) is 3.50. The lowest BCUT2D eigenvalue weighted by Gasteiger charge is -2.24. The van der Waals surface area contributed by atoms with E-state index in [4.69, 9.17) is 9.47 Å². The van der Waals surface area contributed by atoms with E-state index < -0.39 is 52.9 Å². The molecule has 1 aliphatic rings. The number of benzene rings is 2. The zero-order valence-electron chi connectivity index (χ0n) is 18.0. The van der Waals surface area contributed by atoms with Gasteiger partial charge in [0.25, 0.3) is 0 Å². The van der Waals surface area contributed by atoms with Gasteiger partial charge in [-0.05, 0) is 75.1 Å². The van der Waals surface area contributed by atoms with Crippen LogP contribution in [-0.2, 0) is 9.53 Å². The zero-order valence-corrected chi connectivity index (χ0v) is 18.0. The van der Waals surface area contributed by atoms with Crippen LogP contribution >= 0.6 is 0 Å². The monoisotopic (exact) mass is 472 g/mol. The van der Waals surface area contributed by atoms with Gasteiger partial charge in [-0.3, -0.25) is 4.79 Å². The molecule has 0 heterocycles. The number of hydrogen-bond donors (Lipinski definition) is 0. The number of ketones is 1. The summed E-state index contributed by atoms with van der Waals surface area (Å²) >= 11 is 0. The number of esters is 1. The number of alkyl halides is 3. The van der Waals surface area contributed by atoms with Crippen molar-refractivity contribution in [2.24, 2.45) is 5.92 Å². The van der Waals surface area contributed by atoms with Crippen LogP contribution in [-0.4, -0.2) is 30.3 Å². The van der Waals surface area contributed by atoms with Gasteiger partial charge in [0.05, 0.1) is 6.61 Å². The second-order valence-electron chi connectivity index (χ2n) is 8.03. The van der Waals surface area contributed by atoms with E-state index in [1.807, 2.05) is 0 Å². The number of halogens is 5. The molecule has 0 N–H and O–H groups in total. The smallest absolute Gasteiger partial charge is 0.470 e. The molecule has 2 aromatic carbocycles. The van der Waals surface area contributed by atoms with Gasteiger partial charge in [0.15, 0.2) is 28.8 Å². The van der Waals surface area contributed by atoms with E-state index in [9.17, 15) is 31.5 Å². The number of carbonyl (C=O) groups excluding carboxylic acids is 2. The van der Waals surface area contributed by atoms with Gasteiger partial charge in [-0.2, -0.15) is 0 Å². The zero-order chi connectivity index (χ0) is 24.6. The van der Waals surface area contributed by atoms with Crippen LogP contribution in [0.3, 0.4) is 0 Å². The largest absolute Gasteiger partial charge is 0.573 e. The standard InChI is InChI=1S/C23H21F5O5/c1-4-31-21(30)22(2,3)33-20-17(24)9-13(10-18(20)25)15-11-16(15)19(29)12-5-7-14(8-6-12)32-23(26,27)28/h5-10,15-16H,4,11H2,1-3H3. The highest BCUT2D eigenvalue weighted by Crippen LogP contribution is 2.50. The molecule has 0 bridgehead atoms. The highest BCUT2D eigenvalue weighted by molar-refractivity contribution is 6.00. The Balaban J connectivity index is 1.71. The lowest BCUT2D eigenvalue weighted by Crippen LogP contribution is -2.40. The van der Waals surface area contributed by atoms with Crippen LogP contribution < -0.4 is 9.47 Å². The molecule has 1 aliphatic carbocycles. The first-order chi connectivity index (χ1) is 15.3. The van der Waals surface area contributed by atoms with Crippen LogP contribution in [0, 0.1) is 17.6 Å². The van der Waals surface area contributed by atoms with Crippen LogP contribution in [0.1, 0.15) is 49.0 Å². The minimum Gasteiger partial charge on any atom is -0.470 e. The van der Waals surface area contributed by atoms with E-state index in [1.165, 1.54) is 26.0 Å². The SMILES string of the molecule is CCOC(=O)C(C)(C)Oc1c(F)cc(C2CC2C(=O)c2ccc(OC(F)(F)F)cc2)cc1F. The van der Waals surface area contributed by atoms with Gasteiger partial charge < -0.3 is 14.2 Å². The molecular formula is C23H21F5O5. The molecule has 178 valence electrons. The van der Waals surface area contributed by atoms with E-state index in [0.29, 0.717) is 6.42 Å². The van der Waals surface area contributed by atoms with Crippen molar-refractivity contribution in [3.63, 3.8) is 0 Å². The summed E-state index contributed by atoms with van der Waals surface area (Å²) in [5.41, 5.74) is -1.23. The quantitative estimate of drug-likeness (QED) is 0.286. The van der Waals surface area contributed by atoms with Crippen molar-refractivity contribution in [1.82, 2.24) is 0 Å². The molecule has 1 saturated carbocycles. The van der Waals surface area contributed by atoms with Gasteiger partial charge in [-0.15, -0.1) is 13.2 Å². The molecule has 2 aromatic rings. The fourth-order valence-electron chi connectivity index (χ4n) is 3.38. The van der Waals surface area contributed by atoms with Crippen molar-refractivity contribution in [1.29, 1.82) is 0 Å². The van der Waals surface area contributed by atoms with Crippen LogP contribution in [0.5, 0.6) is 11.5 Å². The summed E-state index contributed by atoms with van der Waals surface area (Å²) in [6, 6.07) is 6.53. The van der Waals surface area contributed by atoms with Crippen LogP contribution in [0.25, 0.3) is 0 Å². The summed E-state index contributed by atoms with van der Waals surface area (Å²) in [4.78, 5) is 24.5. The van der Waals surface area contributed by atoms with E-state index in [-0.39, 0.29) is 23.5 Å². The van der Waals surface area contributed by atoms with E-state index >= 15 is 0 Å². The third-order valence-electron chi connectivity index (χ3n) is 5.07. The summed E-state index contributed by atoms with van der Waals surface area (Å²) < 4.78 is 79.8. The first-order valence-corrected chi connectivity index (χ1v) is 10.1. The minimum absolute atomic E-state index is 0.0741.